The lowest BCUT2D eigenvalue weighted by Gasteiger charge is -2.29. The van der Waals surface area contributed by atoms with Gasteiger partial charge in [0.05, 0.1) is 18.8 Å². The molecule has 0 bridgehead atoms. The van der Waals surface area contributed by atoms with Crippen LogP contribution in [0.4, 0.5) is 5.13 Å². The molecule has 6 heteroatoms. The molecule has 0 aliphatic heterocycles. The summed E-state index contributed by atoms with van der Waals surface area (Å²) in [4.78, 5) is 4.23. The lowest BCUT2D eigenvalue weighted by molar-refractivity contribution is 0.132. The Morgan fingerprint density at radius 3 is 2.40 bits per heavy atom. The van der Waals surface area contributed by atoms with E-state index < -0.39 is 5.54 Å². The van der Waals surface area contributed by atoms with Crippen LogP contribution in [0, 0.1) is 0 Å². The van der Waals surface area contributed by atoms with Gasteiger partial charge in [-0.05, 0) is 6.42 Å². The summed E-state index contributed by atoms with van der Waals surface area (Å²) in [5, 5.41) is 22.2. The molecule has 0 unspecified atom stereocenters. The van der Waals surface area contributed by atoms with Crippen LogP contribution in [0.25, 0.3) is 0 Å². The second-order valence-corrected chi connectivity index (χ2v) is 4.20. The number of nitrogens with zero attached hydrogens (tertiary/aromatic N) is 2. The minimum absolute atomic E-state index is 0.124. The summed E-state index contributed by atoms with van der Waals surface area (Å²) in [6.07, 6.45) is 1.41. The van der Waals surface area contributed by atoms with Crippen LogP contribution in [0.5, 0.6) is 0 Å². The Bertz CT molecular complexity index is 291. The van der Waals surface area contributed by atoms with Crippen molar-refractivity contribution in [1.82, 2.24) is 9.36 Å². The van der Waals surface area contributed by atoms with Crippen LogP contribution in [0.1, 0.15) is 26.1 Å². The third kappa shape index (κ3) is 2.87. The van der Waals surface area contributed by atoms with Crippen molar-refractivity contribution in [1.29, 1.82) is 0 Å². The predicted octanol–water partition coefficient (Wildman–Crippen LogP) is 0.646. The Morgan fingerprint density at radius 1 is 1.33 bits per heavy atom. The van der Waals surface area contributed by atoms with Crippen molar-refractivity contribution in [2.45, 2.75) is 32.2 Å². The molecule has 5 nitrogen and oxygen atoms in total. The largest absolute Gasteiger partial charge is 0.394 e. The molecule has 86 valence electrons. The van der Waals surface area contributed by atoms with Crippen LogP contribution in [0.3, 0.4) is 0 Å². The van der Waals surface area contributed by atoms with Gasteiger partial charge in [0.2, 0.25) is 5.13 Å². The number of aliphatic hydroxyl groups excluding tert-OH is 2. The van der Waals surface area contributed by atoms with Gasteiger partial charge in [0.15, 0.2) is 0 Å². The maximum Gasteiger partial charge on any atom is 0.203 e. The van der Waals surface area contributed by atoms with Gasteiger partial charge in [0, 0.05) is 18.0 Å². The summed E-state index contributed by atoms with van der Waals surface area (Å²) in [5.41, 5.74) is -0.690. The Balaban J connectivity index is 2.73. The molecule has 0 amide bonds. The topological polar surface area (TPSA) is 78.3 Å². The smallest absolute Gasteiger partial charge is 0.203 e. The zero-order valence-corrected chi connectivity index (χ0v) is 9.84. The van der Waals surface area contributed by atoms with Gasteiger partial charge < -0.3 is 15.5 Å². The van der Waals surface area contributed by atoms with Gasteiger partial charge in [-0.2, -0.15) is 4.37 Å². The summed E-state index contributed by atoms with van der Waals surface area (Å²) in [6.45, 7) is 3.64. The molecule has 1 aromatic heterocycles. The Kier molecular flexibility index (Phi) is 4.44. The minimum Gasteiger partial charge on any atom is -0.394 e. The quantitative estimate of drug-likeness (QED) is 0.670. The van der Waals surface area contributed by atoms with E-state index in [-0.39, 0.29) is 13.2 Å². The molecule has 0 aliphatic rings. The molecule has 0 aliphatic carbocycles. The average molecular weight is 231 g/mol. The summed E-state index contributed by atoms with van der Waals surface area (Å²) in [5.74, 6) is 0.781. The number of hydrogen-bond acceptors (Lipinski definition) is 6. The normalized spacial score (nSPS) is 11.7. The fraction of sp³-hybridized carbons (Fsp3) is 0.778. The van der Waals surface area contributed by atoms with Crippen molar-refractivity contribution in [2.24, 2.45) is 0 Å². The van der Waals surface area contributed by atoms with Crippen molar-refractivity contribution < 1.29 is 10.2 Å². The highest BCUT2D eigenvalue weighted by molar-refractivity contribution is 7.09. The molecule has 0 spiro atoms. The average Bonchev–Trinajstić information content (AvgIpc) is 2.73. The molecule has 0 radical (unpaired) electrons. The van der Waals surface area contributed by atoms with E-state index in [4.69, 9.17) is 0 Å². The first-order valence-electron chi connectivity index (χ1n) is 5.02. The lowest BCUT2D eigenvalue weighted by atomic mass is 9.99. The van der Waals surface area contributed by atoms with Crippen LogP contribution in [0.15, 0.2) is 0 Å². The summed E-state index contributed by atoms with van der Waals surface area (Å²) in [6, 6.07) is 0. The first-order chi connectivity index (χ1) is 7.19. The van der Waals surface area contributed by atoms with Crippen molar-refractivity contribution >= 4 is 16.7 Å². The summed E-state index contributed by atoms with van der Waals surface area (Å²) >= 11 is 1.25. The Hall–Kier alpha value is -0.720. The van der Waals surface area contributed by atoms with Crippen LogP contribution in [-0.4, -0.2) is 38.3 Å². The van der Waals surface area contributed by atoms with Crippen LogP contribution in [0.2, 0.25) is 0 Å². The van der Waals surface area contributed by atoms with Gasteiger partial charge in [-0.1, -0.05) is 13.8 Å². The van der Waals surface area contributed by atoms with Gasteiger partial charge in [0.1, 0.15) is 5.82 Å². The van der Waals surface area contributed by atoms with Crippen molar-refractivity contribution in [3.8, 4) is 0 Å². The second kappa shape index (κ2) is 5.39. The molecule has 0 saturated heterocycles. The van der Waals surface area contributed by atoms with Gasteiger partial charge in [0.25, 0.3) is 0 Å². The van der Waals surface area contributed by atoms with E-state index in [0.29, 0.717) is 11.6 Å². The van der Waals surface area contributed by atoms with Crippen LogP contribution in [-0.2, 0) is 6.42 Å². The summed E-state index contributed by atoms with van der Waals surface area (Å²) < 4.78 is 4.13. The molecule has 1 heterocycles. The van der Waals surface area contributed by atoms with E-state index in [1.165, 1.54) is 11.5 Å². The molecule has 1 aromatic rings. The SMILES string of the molecule is CCc1nsc(NC(CC)(CO)CO)n1. The van der Waals surface area contributed by atoms with E-state index in [9.17, 15) is 10.2 Å². The van der Waals surface area contributed by atoms with Gasteiger partial charge in [-0.15, -0.1) is 0 Å². The molecular formula is C9H17N3O2S. The molecule has 0 aromatic carbocycles. The highest BCUT2D eigenvalue weighted by Gasteiger charge is 2.27. The fourth-order valence-corrected chi connectivity index (χ4v) is 1.89. The highest BCUT2D eigenvalue weighted by atomic mass is 32.1. The van der Waals surface area contributed by atoms with Gasteiger partial charge >= 0.3 is 0 Å². The van der Waals surface area contributed by atoms with Crippen LogP contribution >= 0.6 is 11.5 Å². The Labute approximate surface area is 93.3 Å². The zero-order chi connectivity index (χ0) is 11.3. The molecule has 0 atom stereocenters. The van der Waals surface area contributed by atoms with E-state index in [1.807, 2.05) is 13.8 Å². The molecule has 3 N–H and O–H groups in total. The van der Waals surface area contributed by atoms with Crippen molar-refractivity contribution in [3.05, 3.63) is 5.82 Å². The Morgan fingerprint density at radius 2 is 2.00 bits per heavy atom. The standard InChI is InChI=1S/C9H17N3O2S/c1-3-7-10-8(15-12-7)11-9(4-2,5-13)6-14/h13-14H,3-6H2,1-2H3,(H,10,11,12). The predicted molar refractivity (Wildman–Crippen MR) is 60.1 cm³/mol. The number of aromatic nitrogens is 2. The zero-order valence-electron chi connectivity index (χ0n) is 9.03. The molecule has 0 saturated carbocycles. The third-order valence-electron chi connectivity index (χ3n) is 2.44. The first-order valence-corrected chi connectivity index (χ1v) is 5.79. The minimum atomic E-state index is -0.690. The second-order valence-electron chi connectivity index (χ2n) is 3.44. The van der Waals surface area contributed by atoms with E-state index in [0.717, 1.165) is 12.2 Å². The molecule has 1 rings (SSSR count). The van der Waals surface area contributed by atoms with Gasteiger partial charge in [-0.25, -0.2) is 4.98 Å². The van der Waals surface area contributed by atoms with Crippen molar-refractivity contribution in [3.63, 3.8) is 0 Å². The van der Waals surface area contributed by atoms with Crippen LogP contribution < -0.4 is 5.32 Å². The van der Waals surface area contributed by atoms with E-state index in [1.54, 1.807) is 0 Å². The number of rotatable bonds is 6. The first kappa shape index (κ1) is 12.4. The number of aryl methyl sites for hydroxylation is 1. The number of aliphatic hydroxyl groups is 2. The number of hydrogen-bond donors (Lipinski definition) is 3. The molecular weight excluding hydrogens is 214 g/mol. The van der Waals surface area contributed by atoms with Crippen molar-refractivity contribution in [2.75, 3.05) is 18.5 Å². The third-order valence-corrected chi connectivity index (χ3v) is 3.11. The molecule has 15 heavy (non-hydrogen) atoms. The van der Waals surface area contributed by atoms with E-state index >= 15 is 0 Å². The number of nitrogens with one attached hydrogen (secondary N) is 1. The number of anilines is 1. The maximum absolute atomic E-state index is 9.24. The highest BCUT2D eigenvalue weighted by Crippen LogP contribution is 2.20. The van der Waals surface area contributed by atoms with E-state index in [2.05, 4.69) is 14.7 Å². The lowest BCUT2D eigenvalue weighted by Crippen LogP contribution is -2.45. The fourth-order valence-electron chi connectivity index (χ4n) is 1.12. The van der Waals surface area contributed by atoms with Gasteiger partial charge in [-0.3, -0.25) is 0 Å². The maximum atomic E-state index is 9.24. The monoisotopic (exact) mass is 231 g/mol. The summed E-state index contributed by atoms with van der Waals surface area (Å²) in [7, 11) is 0. The molecule has 0 fully saturated rings.